The van der Waals surface area contributed by atoms with Crippen LogP contribution < -0.4 is 10.1 Å². The first-order valence-corrected chi connectivity index (χ1v) is 7.59. The molecule has 2 aromatic rings. The minimum absolute atomic E-state index is 0.0116. The molecule has 6 nitrogen and oxygen atoms in total. The maximum Gasteiger partial charge on any atom is 0.253 e. The van der Waals surface area contributed by atoms with Gasteiger partial charge in [0.2, 0.25) is 0 Å². The molecule has 0 aromatic carbocycles. The molecule has 124 valence electrons. The Kier molecular flexibility index (Phi) is 5.76. The van der Waals surface area contributed by atoms with Crippen LogP contribution in [0.5, 0.6) is 5.75 Å². The zero-order valence-electron chi connectivity index (χ0n) is 13.5. The number of carbonyl (C=O) groups is 1. The van der Waals surface area contributed by atoms with Crippen molar-refractivity contribution in [3.63, 3.8) is 0 Å². The molecule has 0 aliphatic rings. The molecule has 2 N–H and O–H groups in total. The standard InChI is InChI=1S/C17H22N2O4/c1-11(2)23-14-8-13(9-18-10-14)17(21)19-12(3)7-15(20)16-5-4-6-22-16/h4-6,8-12,15,20H,7H2,1-3H3,(H,19,21). The molecule has 2 aromatic heterocycles. The van der Waals surface area contributed by atoms with E-state index in [1.807, 2.05) is 20.8 Å². The fraction of sp³-hybridized carbons (Fsp3) is 0.412. The fourth-order valence-corrected chi connectivity index (χ4v) is 2.18. The number of hydrogen-bond donors (Lipinski definition) is 2. The van der Waals surface area contributed by atoms with E-state index < -0.39 is 6.10 Å². The monoisotopic (exact) mass is 318 g/mol. The number of carbonyl (C=O) groups excluding carboxylic acids is 1. The lowest BCUT2D eigenvalue weighted by Crippen LogP contribution is -2.33. The van der Waals surface area contributed by atoms with E-state index in [9.17, 15) is 9.90 Å². The van der Waals surface area contributed by atoms with Gasteiger partial charge in [-0.25, -0.2) is 0 Å². The average molecular weight is 318 g/mol. The molecule has 2 unspecified atom stereocenters. The van der Waals surface area contributed by atoms with Crippen LogP contribution in [0, 0.1) is 0 Å². The van der Waals surface area contributed by atoms with Gasteiger partial charge in [-0.15, -0.1) is 0 Å². The van der Waals surface area contributed by atoms with Crippen molar-refractivity contribution in [2.45, 2.75) is 45.4 Å². The lowest BCUT2D eigenvalue weighted by molar-refractivity contribution is 0.0902. The van der Waals surface area contributed by atoms with Gasteiger partial charge in [-0.2, -0.15) is 0 Å². The third-order valence-electron chi connectivity index (χ3n) is 3.17. The van der Waals surface area contributed by atoms with Crippen LogP contribution in [-0.2, 0) is 0 Å². The van der Waals surface area contributed by atoms with E-state index >= 15 is 0 Å². The lowest BCUT2D eigenvalue weighted by atomic mass is 10.1. The summed E-state index contributed by atoms with van der Waals surface area (Å²) in [6.07, 6.45) is 4.17. The number of nitrogens with zero attached hydrogens (tertiary/aromatic N) is 1. The summed E-state index contributed by atoms with van der Waals surface area (Å²) in [7, 11) is 0. The van der Waals surface area contributed by atoms with Crippen LogP contribution in [0.25, 0.3) is 0 Å². The van der Waals surface area contributed by atoms with E-state index in [0.29, 0.717) is 23.5 Å². The second-order valence-electron chi connectivity index (χ2n) is 5.72. The second kappa shape index (κ2) is 7.78. The largest absolute Gasteiger partial charge is 0.489 e. The smallest absolute Gasteiger partial charge is 0.253 e. The van der Waals surface area contributed by atoms with E-state index in [4.69, 9.17) is 9.15 Å². The van der Waals surface area contributed by atoms with Crippen molar-refractivity contribution in [1.29, 1.82) is 0 Å². The van der Waals surface area contributed by atoms with Crippen LogP contribution in [0.4, 0.5) is 0 Å². The van der Waals surface area contributed by atoms with Crippen LogP contribution in [0.2, 0.25) is 0 Å². The van der Waals surface area contributed by atoms with Gasteiger partial charge >= 0.3 is 0 Å². The number of hydrogen-bond acceptors (Lipinski definition) is 5. The Morgan fingerprint density at radius 3 is 2.83 bits per heavy atom. The molecular weight excluding hydrogens is 296 g/mol. The molecule has 6 heteroatoms. The molecule has 0 aliphatic heterocycles. The fourth-order valence-electron chi connectivity index (χ4n) is 2.18. The number of ether oxygens (including phenoxy) is 1. The van der Waals surface area contributed by atoms with Gasteiger partial charge < -0.3 is 19.6 Å². The molecule has 0 spiro atoms. The Hall–Kier alpha value is -2.34. The highest BCUT2D eigenvalue weighted by Gasteiger charge is 2.17. The second-order valence-corrected chi connectivity index (χ2v) is 5.72. The van der Waals surface area contributed by atoms with Crippen molar-refractivity contribution in [1.82, 2.24) is 10.3 Å². The predicted molar refractivity (Wildman–Crippen MR) is 85.2 cm³/mol. The van der Waals surface area contributed by atoms with Gasteiger partial charge in [0.05, 0.1) is 24.1 Å². The molecule has 2 atom stereocenters. The van der Waals surface area contributed by atoms with Crippen LogP contribution in [0.3, 0.4) is 0 Å². The third kappa shape index (κ3) is 5.10. The Balaban J connectivity index is 1.93. The Labute approximate surface area is 135 Å². The summed E-state index contributed by atoms with van der Waals surface area (Å²) in [5, 5.41) is 12.9. The minimum atomic E-state index is -0.756. The molecule has 0 radical (unpaired) electrons. The number of furan rings is 1. The van der Waals surface area contributed by atoms with Crippen molar-refractivity contribution in [3.8, 4) is 5.75 Å². The maximum absolute atomic E-state index is 12.2. The minimum Gasteiger partial charge on any atom is -0.489 e. The SMILES string of the molecule is CC(CC(O)c1ccco1)NC(=O)c1cncc(OC(C)C)c1. The number of nitrogens with one attached hydrogen (secondary N) is 1. The molecule has 2 heterocycles. The van der Waals surface area contributed by atoms with E-state index in [0.717, 1.165) is 0 Å². The van der Waals surface area contributed by atoms with Gasteiger partial charge in [0, 0.05) is 18.7 Å². The van der Waals surface area contributed by atoms with E-state index in [-0.39, 0.29) is 18.1 Å². The van der Waals surface area contributed by atoms with Crippen LogP contribution in [0.1, 0.15) is 49.4 Å². The van der Waals surface area contributed by atoms with Gasteiger partial charge in [0.15, 0.2) is 0 Å². The van der Waals surface area contributed by atoms with Gasteiger partial charge in [-0.05, 0) is 39.0 Å². The topological polar surface area (TPSA) is 84.6 Å². The van der Waals surface area contributed by atoms with Gasteiger partial charge in [-0.3, -0.25) is 9.78 Å². The number of aliphatic hydroxyl groups is 1. The predicted octanol–water partition coefficient (Wildman–Crippen LogP) is 2.70. The summed E-state index contributed by atoms with van der Waals surface area (Å²) in [6, 6.07) is 4.85. The van der Waals surface area contributed by atoms with E-state index in [1.165, 1.54) is 12.5 Å². The summed E-state index contributed by atoms with van der Waals surface area (Å²) < 4.78 is 10.7. The first kappa shape index (κ1) is 17.0. The maximum atomic E-state index is 12.2. The quantitative estimate of drug-likeness (QED) is 0.820. The van der Waals surface area contributed by atoms with Crippen LogP contribution >= 0.6 is 0 Å². The Bertz CT molecular complexity index is 625. The Morgan fingerprint density at radius 1 is 1.39 bits per heavy atom. The summed E-state index contributed by atoms with van der Waals surface area (Å²) in [5.41, 5.74) is 0.419. The highest BCUT2D eigenvalue weighted by Crippen LogP contribution is 2.19. The lowest BCUT2D eigenvalue weighted by Gasteiger charge is -2.17. The summed E-state index contributed by atoms with van der Waals surface area (Å²) in [6.45, 7) is 5.64. The average Bonchev–Trinajstić information content (AvgIpc) is 3.00. The highest BCUT2D eigenvalue weighted by atomic mass is 16.5. The molecule has 0 saturated carbocycles. The van der Waals surface area contributed by atoms with Crippen molar-refractivity contribution in [2.24, 2.45) is 0 Å². The molecule has 0 aliphatic carbocycles. The number of rotatable bonds is 7. The normalized spacial score (nSPS) is 13.6. The molecule has 2 rings (SSSR count). The molecule has 0 bridgehead atoms. The molecule has 0 fully saturated rings. The number of amides is 1. The molecule has 23 heavy (non-hydrogen) atoms. The Morgan fingerprint density at radius 2 is 2.17 bits per heavy atom. The van der Waals surface area contributed by atoms with Crippen LogP contribution in [0.15, 0.2) is 41.3 Å². The number of aromatic nitrogens is 1. The van der Waals surface area contributed by atoms with Crippen molar-refractivity contribution < 1.29 is 19.1 Å². The zero-order chi connectivity index (χ0) is 16.8. The number of pyridine rings is 1. The molecular formula is C17H22N2O4. The van der Waals surface area contributed by atoms with Crippen LogP contribution in [-0.4, -0.2) is 28.1 Å². The summed E-state index contributed by atoms with van der Waals surface area (Å²) in [4.78, 5) is 16.3. The number of aliphatic hydroxyl groups excluding tert-OH is 1. The van der Waals surface area contributed by atoms with Crippen molar-refractivity contribution in [3.05, 3.63) is 48.2 Å². The zero-order valence-corrected chi connectivity index (χ0v) is 13.5. The molecule has 0 saturated heterocycles. The first-order chi connectivity index (χ1) is 11.0. The van der Waals surface area contributed by atoms with Gasteiger partial charge in [0.1, 0.15) is 17.6 Å². The third-order valence-corrected chi connectivity index (χ3v) is 3.17. The van der Waals surface area contributed by atoms with Crippen molar-refractivity contribution in [2.75, 3.05) is 0 Å². The molecule has 1 amide bonds. The van der Waals surface area contributed by atoms with E-state index in [2.05, 4.69) is 10.3 Å². The highest BCUT2D eigenvalue weighted by molar-refractivity contribution is 5.94. The summed E-state index contributed by atoms with van der Waals surface area (Å²) >= 11 is 0. The summed E-state index contributed by atoms with van der Waals surface area (Å²) in [5.74, 6) is 0.780. The van der Waals surface area contributed by atoms with E-state index in [1.54, 1.807) is 24.4 Å². The first-order valence-electron chi connectivity index (χ1n) is 7.59. The van der Waals surface area contributed by atoms with Gasteiger partial charge in [0.25, 0.3) is 5.91 Å². The van der Waals surface area contributed by atoms with Gasteiger partial charge in [-0.1, -0.05) is 0 Å². The van der Waals surface area contributed by atoms with Crippen molar-refractivity contribution >= 4 is 5.91 Å².